The van der Waals surface area contributed by atoms with Crippen LogP contribution in [0.15, 0.2) is 39.6 Å². The fourth-order valence-electron chi connectivity index (χ4n) is 2.69. The van der Waals surface area contributed by atoms with E-state index >= 15 is 0 Å². The summed E-state index contributed by atoms with van der Waals surface area (Å²) in [5, 5.41) is 9.43. The number of rotatable bonds is 6. The van der Waals surface area contributed by atoms with Crippen LogP contribution in [0.3, 0.4) is 0 Å². The van der Waals surface area contributed by atoms with E-state index in [1.807, 2.05) is 0 Å². The van der Waals surface area contributed by atoms with Crippen LogP contribution >= 0.6 is 0 Å². The highest BCUT2D eigenvalue weighted by molar-refractivity contribution is 5.96. The molecule has 1 atom stereocenters. The topological polar surface area (TPSA) is 117 Å². The lowest BCUT2D eigenvalue weighted by Gasteiger charge is -2.13. The molecule has 2 amide bonds. The highest BCUT2D eigenvalue weighted by atomic mass is 19.1. The summed E-state index contributed by atoms with van der Waals surface area (Å²) in [6.45, 7) is 3.23. The molecule has 8 nitrogen and oxygen atoms in total. The number of benzene rings is 1. The minimum absolute atomic E-state index is 0.0243. The van der Waals surface area contributed by atoms with Gasteiger partial charge >= 0.3 is 0 Å². The van der Waals surface area contributed by atoms with Gasteiger partial charge in [-0.1, -0.05) is 5.16 Å². The highest BCUT2D eigenvalue weighted by Gasteiger charge is 2.17. The Kier molecular flexibility index (Phi) is 5.53. The maximum Gasteiger partial charge on any atom is 0.251 e. The Bertz CT molecular complexity index is 1090. The van der Waals surface area contributed by atoms with Crippen LogP contribution in [0.2, 0.25) is 0 Å². The number of pyridine rings is 1. The van der Waals surface area contributed by atoms with Gasteiger partial charge in [-0.15, -0.1) is 0 Å². The first-order valence-electron chi connectivity index (χ1n) is 8.67. The summed E-state index contributed by atoms with van der Waals surface area (Å²) in [4.78, 5) is 38.9. The number of carbonyl (C=O) groups is 2. The molecule has 146 valence electrons. The van der Waals surface area contributed by atoms with Crippen LogP contribution in [0, 0.1) is 12.7 Å². The fraction of sp³-hybridized carbons (Fsp3) is 0.263. The van der Waals surface area contributed by atoms with E-state index in [2.05, 4.69) is 20.8 Å². The maximum atomic E-state index is 13.2. The number of amides is 2. The van der Waals surface area contributed by atoms with Gasteiger partial charge in [0.2, 0.25) is 11.8 Å². The number of hydrogen-bond donors (Lipinski definition) is 3. The van der Waals surface area contributed by atoms with Crippen LogP contribution in [-0.4, -0.2) is 28.0 Å². The van der Waals surface area contributed by atoms with Gasteiger partial charge in [0.05, 0.1) is 5.52 Å². The van der Waals surface area contributed by atoms with Gasteiger partial charge in [0.25, 0.3) is 5.56 Å². The van der Waals surface area contributed by atoms with Crippen molar-refractivity contribution in [2.45, 2.75) is 32.7 Å². The van der Waals surface area contributed by atoms with Gasteiger partial charge in [-0.3, -0.25) is 14.4 Å². The fourth-order valence-corrected chi connectivity index (χ4v) is 2.69. The molecule has 0 aliphatic heterocycles. The van der Waals surface area contributed by atoms with Gasteiger partial charge in [0.15, 0.2) is 5.82 Å². The first-order chi connectivity index (χ1) is 13.3. The number of nitrogens with one attached hydrogen (secondary N) is 3. The molecule has 9 heteroatoms. The molecular weight excluding hydrogens is 367 g/mol. The van der Waals surface area contributed by atoms with Gasteiger partial charge in [-0.05, 0) is 49.9 Å². The summed E-state index contributed by atoms with van der Waals surface area (Å²) in [7, 11) is 0. The molecule has 0 saturated heterocycles. The van der Waals surface area contributed by atoms with Crippen molar-refractivity contribution in [1.82, 2.24) is 15.5 Å². The zero-order valence-electron chi connectivity index (χ0n) is 15.3. The number of aryl methyl sites for hydroxylation is 2. The monoisotopic (exact) mass is 386 g/mol. The van der Waals surface area contributed by atoms with E-state index in [1.54, 1.807) is 25.1 Å². The van der Waals surface area contributed by atoms with Crippen molar-refractivity contribution in [2.24, 2.45) is 0 Å². The summed E-state index contributed by atoms with van der Waals surface area (Å²) in [5.74, 6) is -0.439. The zero-order valence-corrected chi connectivity index (χ0v) is 15.3. The third kappa shape index (κ3) is 4.61. The molecule has 1 aromatic carbocycles. The standard InChI is InChI=1S/C19H19FN4O4/c1-10-7-16(24-28-10)23-18(26)11(2)21-17(25)6-4-13-8-12-3-5-14(20)9-15(12)22-19(13)27/h3,5,7-9,11H,4,6H2,1-2H3,(H,21,25)(H,22,27)(H,23,24,26). The lowest BCUT2D eigenvalue weighted by atomic mass is 10.1. The molecule has 0 saturated carbocycles. The molecule has 0 aliphatic carbocycles. The second-order valence-corrected chi connectivity index (χ2v) is 6.46. The predicted octanol–water partition coefficient (Wildman–Crippen LogP) is 2.04. The lowest BCUT2D eigenvalue weighted by Crippen LogP contribution is -2.41. The minimum Gasteiger partial charge on any atom is -0.360 e. The van der Waals surface area contributed by atoms with E-state index in [4.69, 9.17) is 4.52 Å². The Morgan fingerprint density at radius 3 is 2.79 bits per heavy atom. The van der Waals surface area contributed by atoms with Crippen LogP contribution < -0.4 is 16.2 Å². The van der Waals surface area contributed by atoms with E-state index in [1.165, 1.54) is 19.1 Å². The normalized spacial score (nSPS) is 12.0. The summed E-state index contributed by atoms with van der Waals surface area (Å²) < 4.78 is 18.1. The Balaban J connectivity index is 1.57. The largest absolute Gasteiger partial charge is 0.360 e. The van der Waals surface area contributed by atoms with E-state index in [9.17, 15) is 18.8 Å². The molecule has 3 aromatic rings. The number of carbonyl (C=O) groups excluding carboxylic acids is 2. The maximum absolute atomic E-state index is 13.2. The zero-order chi connectivity index (χ0) is 20.3. The predicted molar refractivity (Wildman–Crippen MR) is 100 cm³/mol. The molecule has 0 aliphatic rings. The quantitative estimate of drug-likeness (QED) is 0.599. The van der Waals surface area contributed by atoms with Crippen molar-refractivity contribution in [3.8, 4) is 0 Å². The Morgan fingerprint density at radius 2 is 2.07 bits per heavy atom. The van der Waals surface area contributed by atoms with Crippen molar-refractivity contribution >= 4 is 28.5 Å². The van der Waals surface area contributed by atoms with Crippen LogP contribution in [0.5, 0.6) is 0 Å². The molecular formula is C19H19FN4O4. The van der Waals surface area contributed by atoms with E-state index in [0.717, 1.165) is 0 Å². The Labute approximate surface area is 159 Å². The molecule has 2 aromatic heterocycles. The third-order valence-electron chi connectivity index (χ3n) is 4.16. The van der Waals surface area contributed by atoms with Gasteiger partial charge in [-0.25, -0.2) is 4.39 Å². The van der Waals surface area contributed by atoms with Crippen LogP contribution in [0.4, 0.5) is 10.2 Å². The van der Waals surface area contributed by atoms with Gasteiger partial charge in [0.1, 0.15) is 17.6 Å². The Morgan fingerprint density at radius 1 is 1.29 bits per heavy atom. The SMILES string of the molecule is Cc1cc(NC(=O)C(C)NC(=O)CCc2cc3ccc(F)cc3[nH]c2=O)no1. The van der Waals surface area contributed by atoms with Crippen LogP contribution in [0.25, 0.3) is 10.9 Å². The third-order valence-corrected chi connectivity index (χ3v) is 4.16. The average molecular weight is 386 g/mol. The molecule has 0 spiro atoms. The number of halogens is 1. The summed E-state index contributed by atoms with van der Waals surface area (Å²) in [5.41, 5.74) is 0.425. The molecule has 0 bridgehead atoms. The number of aromatic amines is 1. The van der Waals surface area contributed by atoms with Crippen molar-refractivity contribution in [3.05, 3.63) is 57.8 Å². The highest BCUT2D eigenvalue weighted by Crippen LogP contribution is 2.13. The average Bonchev–Trinajstić information content (AvgIpc) is 3.04. The number of hydrogen-bond acceptors (Lipinski definition) is 5. The lowest BCUT2D eigenvalue weighted by molar-refractivity contribution is -0.126. The van der Waals surface area contributed by atoms with Crippen LogP contribution in [0.1, 0.15) is 24.7 Å². The smallest absolute Gasteiger partial charge is 0.251 e. The molecule has 3 N–H and O–H groups in total. The Hall–Kier alpha value is -3.49. The first-order valence-corrected chi connectivity index (χ1v) is 8.67. The molecule has 0 fully saturated rings. The van der Waals surface area contributed by atoms with Crippen molar-refractivity contribution in [3.63, 3.8) is 0 Å². The summed E-state index contributed by atoms with van der Waals surface area (Å²) >= 11 is 0. The van der Waals surface area contributed by atoms with E-state index in [-0.39, 0.29) is 30.1 Å². The molecule has 2 heterocycles. The van der Waals surface area contributed by atoms with Crippen LogP contribution in [-0.2, 0) is 16.0 Å². The number of nitrogens with zero attached hydrogens (tertiary/aromatic N) is 1. The van der Waals surface area contributed by atoms with Crippen molar-refractivity contribution in [2.75, 3.05) is 5.32 Å². The molecule has 1 unspecified atom stereocenters. The number of H-pyrrole nitrogens is 1. The molecule has 0 radical (unpaired) electrons. The van der Waals surface area contributed by atoms with Gasteiger partial charge < -0.3 is 20.1 Å². The van der Waals surface area contributed by atoms with E-state index in [0.29, 0.717) is 22.2 Å². The van der Waals surface area contributed by atoms with E-state index < -0.39 is 17.8 Å². The van der Waals surface area contributed by atoms with Gasteiger partial charge in [0, 0.05) is 18.1 Å². The number of aromatic nitrogens is 2. The number of fused-ring (bicyclic) bond motifs is 1. The van der Waals surface area contributed by atoms with Crippen molar-refractivity contribution in [1.29, 1.82) is 0 Å². The first kappa shape index (κ1) is 19.3. The second kappa shape index (κ2) is 8.03. The summed E-state index contributed by atoms with van der Waals surface area (Å²) in [6, 6.07) is 6.50. The van der Waals surface area contributed by atoms with Crippen molar-refractivity contribution < 1.29 is 18.5 Å². The number of anilines is 1. The minimum atomic E-state index is -0.789. The molecule has 3 rings (SSSR count). The molecule has 28 heavy (non-hydrogen) atoms. The summed E-state index contributed by atoms with van der Waals surface area (Å²) in [6.07, 6.45) is 0.210. The second-order valence-electron chi connectivity index (χ2n) is 6.46. The van der Waals surface area contributed by atoms with Gasteiger partial charge in [-0.2, -0.15) is 0 Å².